The predicted molar refractivity (Wildman–Crippen MR) is 126 cm³/mol. The first-order valence-electron chi connectivity index (χ1n) is 13.6. The summed E-state index contributed by atoms with van der Waals surface area (Å²) in [5.74, 6) is 4.04. The van der Waals surface area contributed by atoms with Gasteiger partial charge in [-0.25, -0.2) is 0 Å². The van der Waals surface area contributed by atoms with Crippen molar-refractivity contribution in [3.63, 3.8) is 0 Å². The van der Waals surface area contributed by atoms with Crippen LogP contribution in [-0.4, -0.2) is 33.1 Å². The van der Waals surface area contributed by atoms with Gasteiger partial charge in [-0.3, -0.25) is 0 Å². The van der Waals surface area contributed by atoms with E-state index >= 15 is 0 Å². The average molecular weight is 435 g/mol. The van der Waals surface area contributed by atoms with Gasteiger partial charge in [0, 0.05) is 6.42 Å². The van der Waals surface area contributed by atoms with Crippen molar-refractivity contribution in [1.29, 1.82) is 0 Å². The third kappa shape index (κ3) is 3.64. The summed E-state index contributed by atoms with van der Waals surface area (Å²) in [5, 5.41) is 33.3. The molecule has 0 bridgehead atoms. The Morgan fingerprint density at radius 1 is 0.935 bits per heavy atom. The Balaban J connectivity index is 1.52. The second-order valence-corrected chi connectivity index (χ2v) is 13.2. The molecule has 0 radical (unpaired) electrons. The molecule has 0 heterocycles. The van der Waals surface area contributed by atoms with Gasteiger partial charge in [0.2, 0.25) is 0 Å². The van der Waals surface area contributed by atoms with Gasteiger partial charge in [0.1, 0.15) is 0 Å². The van der Waals surface area contributed by atoms with E-state index in [9.17, 15) is 15.3 Å². The van der Waals surface area contributed by atoms with Crippen molar-refractivity contribution in [1.82, 2.24) is 0 Å². The second-order valence-electron chi connectivity index (χ2n) is 13.2. The van der Waals surface area contributed by atoms with Crippen molar-refractivity contribution in [2.45, 2.75) is 124 Å². The number of rotatable bonds is 6. The van der Waals surface area contributed by atoms with E-state index in [4.69, 9.17) is 0 Å². The van der Waals surface area contributed by atoms with Crippen molar-refractivity contribution in [2.75, 3.05) is 0 Å². The van der Waals surface area contributed by atoms with Crippen LogP contribution in [0.3, 0.4) is 0 Å². The molecule has 3 N–H and O–H groups in total. The summed E-state index contributed by atoms with van der Waals surface area (Å²) in [4.78, 5) is 0. The molecule has 4 aliphatic carbocycles. The van der Waals surface area contributed by atoms with Crippen LogP contribution in [0, 0.1) is 52.3 Å². The van der Waals surface area contributed by atoms with Gasteiger partial charge in [0.15, 0.2) is 0 Å². The Bertz CT molecular complexity index is 648. The maximum atomic E-state index is 11.7. The van der Waals surface area contributed by atoms with Crippen molar-refractivity contribution < 1.29 is 15.3 Å². The minimum Gasteiger partial charge on any atom is -0.393 e. The van der Waals surface area contributed by atoms with Gasteiger partial charge >= 0.3 is 0 Å². The van der Waals surface area contributed by atoms with Crippen LogP contribution in [-0.2, 0) is 0 Å². The highest BCUT2D eigenvalue weighted by atomic mass is 16.3. The highest BCUT2D eigenvalue weighted by Gasteiger charge is 2.68. The predicted octanol–water partition coefficient (Wildman–Crippen LogP) is 5.80. The number of aliphatic hydroxyl groups is 3. The van der Waals surface area contributed by atoms with Crippen LogP contribution in [0.1, 0.15) is 106 Å². The molecule has 180 valence electrons. The molecule has 0 amide bonds. The Labute approximate surface area is 191 Å². The fraction of sp³-hybridized carbons (Fsp3) is 1.00. The van der Waals surface area contributed by atoms with E-state index in [-0.39, 0.29) is 17.6 Å². The third-order valence-corrected chi connectivity index (χ3v) is 11.8. The Morgan fingerprint density at radius 3 is 2.29 bits per heavy atom. The number of hydrogen-bond donors (Lipinski definition) is 3. The maximum Gasteiger partial charge on any atom is 0.0731 e. The zero-order chi connectivity index (χ0) is 22.8. The first-order chi connectivity index (χ1) is 14.5. The third-order valence-electron chi connectivity index (χ3n) is 11.8. The minimum atomic E-state index is -0.680. The van der Waals surface area contributed by atoms with E-state index in [2.05, 4.69) is 41.5 Å². The molecular formula is C28H50O3. The molecule has 11 unspecified atom stereocenters. The molecule has 4 aliphatic rings. The van der Waals surface area contributed by atoms with Crippen LogP contribution >= 0.6 is 0 Å². The van der Waals surface area contributed by atoms with Crippen LogP contribution in [0.5, 0.6) is 0 Å². The fourth-order valence-corrected chi connectivity index (χ4v) is 9.63. The van der Waals surface area contributed by atoms with Crippen molar-refractivity contribution in [3.05, 3.63) is 0 Å². The molecule has 0 aromatic rings. The highest BCUT2D eigenvalue weighted by Crippen LogP contribution is 2.71. The van der Waals surface area contributed by atoms with Crippen LogP contribution in [0.15, 0.2) is 0 Å². The molecule has 0 aromatic heterocycles. The van der Waals surface area contributed by atoms with Gasteiger partial charge < -0.3 is 15.3 Å². The summed E-state index contributed by atoms with van der Waals surface area (Å²) in [5.41, 5.74) is -0.410. The summed E-state index contributed by atoms with van der Waals surface area (Å²) >= 11 is 0. The lowest BCUT2D eigenvalue weighted by molar-refractivity contribution is -0.134. The SMILES string of the molecule is CCC(CC(O)C(C)C1CCC2C3CC4(O)CC(O)CCC4(C)C3CCC12C)C(C)C. The lowest BCUT2D eigenvalue weighted by atomic mass is 9.53. The van der Waals surface area contributed by atoms with Crippen molar-refractivity contribution >= 4 is 0 Å². The lowest BCUT2D eigenvalue weighted by Gasteiger charge is -2.53. The molecule has 4 fully saturated rings. The molecule has 4 rings (SSSR count). The monoisotopic (exact) mass is 434 g/mol. The minimum absolute atomic E-state index is 0.0208. The first-order valence-corrected chi connectivity index (χ1v) is 13.6. The zero-order valence-electron chi connectivity index (χ0n) is 21.1. The quantitative estimate of drug-likeness (QED) is 0.495. The lowest BCUT2D eigenvalue weighted by Crippen LogP contribution is -2.51. The van der Waals surface area contributed by atoms with E-state index in [0.29, 0.717) is 53.3 Å². The second kappa shape index (κ2) is 8.27. The Morgan fingerprint density at radius 2 is 1.65 bits per heavy atom. The van der Waals surface area contributed by atoms with E-state index in [1.54, 1.807) is 0 Å². The van der Waals surface area contributed by atoms with E-state index < -0.39 is 5.60 Å². The largest absolute Gasteiger partial charge is 0.393 e. The summed E-state index contributed by atoms with van der Waals surface area (Å²) in [6, 6.07) is 0. The summed E-state index contributed by atoms with van der Waals surface area (Å²) in [6.45, 7) is 14.0. The Hall–Kier alpha value is -0.120. The van der Waals surface area contributed by atoms with E-state index in [1.165, 1.54) is 25.7 Å². The van der Waals surface area contributed by atoms with Gasteiger partial charge in [-0.05, 0) is 104 Å². The maximum absolute atomic E-state index is 11.7. The summed E-state index contributed by atoms with van der Waals surface area (Å²) < 4.78 is 0. The smallest absolute Gasteiger partial charge is 0.0731 e. The average Bonchev–Trinajstić information content (AvgIpc) is 3.16. The van der Waals surface area contributed by atoms with Crippen LogP contribution < -0.4 is 0 Å². The van der Waals surface area contributed by atoms with E-state index in [0.717, 1.165) is 32.1 Å². The molecule has 0 saturated heterocycles. The van der Waals surface area contributed by atoms with Gasteiger partial charge in [-0.2, -0.15) is 0 Å². The van der Waals surface area contributed by atoms with Crippen molar-refractivity contribution in [2.24, 2.45) is 52.3 Å². The molecule has 31 heavy (non-hydrogen) atoms. The molecule has 4 saturated carbocycles. The zero-order valence-corrected chi connectivity index (χ0v) is 21.1. The number of fused-ring (bicyclic) bond motifs is 5. The topological polar surface area (TPSA) is 60.7 Å². The standard InChI is InChI=1S/C28H50O3/c1-7-19(17(2)3)14-25(30)18(4)22-8-9-23-21-16-28(31)15-20(29)10-13-27(28,6)24(21)11-12-26(22,23)5/h17-25,29-31H,7-16H2,1-6H3. The number of hydrogen-bond acceptors (Lipinski definition) is 3. The summed E-state index contributed by atoms with van der Waals surface area (Å²) in [6.07, 6.45) is 9.81. The van der Waals surface area contributed by atoms with Gasteiger partial charge in [-0.15, -0.1) is 0 Å². The molecule has 3 nitrogen and oxygen atoms in total. The molecule has 11 atom stereocenters. The molecule has 0 aliphatic heterocycles. The Kier molecular flexibility index (Phi) is 6.41. The normalized spacial score (nSPS) is 49.9. The molecular weight excluding hydrogens is 384 g/mol. The van der Waals surface area contributed by atoms with Gasteiger partial charge in [0.25, 0.3) is 0 Å². The molecule has 0 aromatic carbocycles. The number of aliphatic hydroxyl groups excluding tert-OH is 2. The fourth-order valence-electron chi connectivity index (χ4n) is 9.63. The van der Waals surface area contributed by atoms with Crippen LogP contribution in [0.25, 0.3) is 0 Å². The van der Waals surface area contributed by atoms with Gasteiger partial charge in [0.05, 0.1) is 17.8 Å². The van der Waals surface area contributed by atoms with Crippen LogP contribution in [0.4, 0.5) is 0 Å². The molecule has 0 spiro atoms. The first kappa shape index (κ1) is 24.0. The highest BCUT2D eigenvalue weighted by molar-refractivity contribution is 5.17. The molecule has 3 heteroatoms. The summed E-state index contributed by atoms with van der Waals surface area (Å²) in [7, 11) is 0. The van der Waals surface area contributed by atoms with E-state index in [1.807, 2.05) is 0 Å². The van der Waals surface area contributed by atoms with Gasteiger partial charge in [-0.1, -0.05) is 48.0 Å². The van der Waals surface area contributed by atoms with Crippen molar-refractivity contribution in [3.8, 4) is 0 Å². The van der Waals surface area contributed by atoms with Crippen LogP contribution in [0.2, 0.25) is 0 Å².